The second kappa shape index (κ2) is 8.86. The van der Waals surface area contributed by atoms with Crippen molar-refractivity contribution in [2.75, 3.05) is 13.7 Å². The lowest BCUT2D eigenvalue weighted by molar-refractivity contribution is -0.139. The van der Waals surface area contributed by atoms with Crippen LogP contribution in [-0.2, 0) is 9.53 Å². The van der Waals surface area contributed by atoms with Crippen molar-refractivity contribution in [3.8, 4) is 0 Å². The summed E-state index contributed by atoms with van der Waals surface area (Å²) in [6.45, 7) is 2.26. The van der Waals surface area contributed by atoms with E-state index < -0.39 is 18.0 Å². The molecular weight excluding hydrogens is 316 g/mol. The van der Waals surface area contributed by atoms with Gasteiger partial charge < -0.3 is 20.5 Å². The van der Waals surface area contributed by atoms with Crippen molar-refractivity contribution < 1.29 is 19.4 Å². The number of urea groups is 1. The maximum Gasteiger partial charge on any atom is 0.326 e. The Morgan fingerprint density at radius 3 is 2.67 bits per heavy atom. The summed E-state index contributed by atoms with van der Waals surface area (Å²) in [5.74, 6) is -1.06. The molecule has 0 aliphatic carbocycles. The molecule has 0 spiro atoms. The van der Waals surface area contributed by atoms with Crippen molar-refractivity contribution in [3.05, 3.63) is 21.3 Å². The van der Waals surface area contributed by atoms with Crippen LogP contribution < -0.4 is 10.6 Å². The number of amides is 2. The van der Waals surface area contributed by atoms with E-state index >= 15 is 0 Å². The number of thiophene rings is 1. The van der Waals surface area contributed by atoms with E-state index in [9.17, 15) is 9.59 Å². The fourth-order valence-electron chi connectivity index (χ4n) is 1.72. The molecule has 2 atom stereocenters. The molecule has 0 radical (unpaired) electrons. The van der Waals surface area contributed by atoms with Crippen molar-refractivity contribution in [2.45, 2.75) is 31.8 Å². The molecular formula is C13H19ClN2O4S. The van der Waals surface area contributed by atoms with Crippen molar-refractivity contribution in [1.29, 1.82) is 0 Å². The minimum atomic E-state index is -1.06. The minimum absolute atomic E-state index is 0.240. The SMILES string of the molecule is COCCCC(NC(=O)NC(C)c1ccc(Cl)s1)C(=O)O. The van der Waals surface area contributed by atoms with Crippen molar-refractivity contribution in [3.63, 3.8) is 0 Å². The third-order valence-corrected chi connectivity index (χ3v) is 4.23. The van der Waals surface area contributed by atoms with Gasteiger partial charge in [-0.1, -0.05) is 11.6 Å². The molecule has 0 aliphatic rings. The zero-order valence-corrected chi connectivity index (χ0v) is 13.5. The van der Waals surface area contributed by atoms with Crippen LogP contribution in [-0.4, -0.2) is 36.9 Å². The molecule has 0 saturated heterocycles. The zero-order chi connectivity index (χ0) is 15.8. The molecule has 0 saturated carbocycles. The van der Waals surface area contributed by atoms with E-state index in [0.717, 1.165) is 4.88 Å². The first-order valence-electron chi connectivity index (χ1n) is 6.48. The maximum absolute atomic E-state index is 11.8. The van der Waals surface area contributed by atoms with Crippen molar-refractivity contribution in [1.82, 2.24) is 10.6 Å². The van der Waals surface area contributed by atoms with Crippen LogP contribution in [0.2, 0.25) is 4.34 Å². The maximum atomic E-state index is 11.8. The first kappa shape index (κ1) is 17.7. The topological polar surface area (TPSA) is 87.7 Å². The van der Waals surface area contributed by atoms with E-state index in [-0.39, 0.29) is 6.04 Å². The molecule has 0 bridgehead atoms. The van der Waals surface area contributed by atoms with E-state index in [1.54, 1.807) is 13.2 Å². The van der Waals surface area contributed by atoms with Gasteiger partial charge in [0, 0.05) is 18.6 Å². The van der Waals surface area contributed by atoms with Crippen LogP contribution >= 0.6 is 22.9 Å². The van der Waals surface area contributed by atoms with Gasteiger partial charge in [0.1, 0.15) is 6.04 Å². The molecule has 0 fully saturated rings. The number of carbonyl (C=O) groups excluding carboxylic acids is 1. The summed E-state index contributed by atoms with van der Waals surface area (Å²) in [6, 6.07) is 1.89. The average Bonchev–Trinajstić information content (AvgIpc) is 2.84. The van der Waals surface area contributed by atoms with Crippen LogP contribution in [0.4, 0.5) is 4.79 Å². The van der Waals surface area contributed by atoms with E-state index in [1.807, 2.05) is 13.0 Å². The Balaban J connectivity index is 2.47. The highest BCUT2D eigenvalue weighted by Crippen LogP contribution is 2.26. The minimum Gasteiger partial charge on any atom is -0.480 e. The Kier molecular flexibility index (Phi) is 7.49. The molecule has 1 aromatic rings. The highest BCUT2D eigenvalue weighted by Gasteiger charge is 2.20. The Morgan fingerprint density at radius 1 is 1.43 bits per heavy atom. The number of rotatable bonds is 8. The molecule has 1 rings (SSSR count). The van der Waals surface area contributed by atoms with Crippen LogP contribution in [0.25, 0.3) is 0 Å². The van der Waals surface area contributed by atoms with Gasteiger partial charge in [-0.3, -0.25) is 0 Å². The number of hydrogen-bond acceptors (Lipinski definition) is 4. The molecule has 21 heavy (non-hydrogen) atoms. The number of carbonyl (C=O) groups is 2. The van der Waals surface area contributed by atoms with Gasteiger partial charge in [0.15, 0.2) is 0 Å². The monoisotopic (exact) mass is 334 g/mol. The van der Waals surface area contributed by atoms with E-state index in [1.165, 1.54) is 11.3 Å². The van der Waals surface area contributed by atoms with Gasteiger partial charge >= 0.3 is 12.0 Å². The van der Waals surface area contributed by atoms with E-state index in [0.29, 0.717) is 23.8 Å². The van der Waals surface area contributed by atoms with Crippen LogP contribution in [0, 0.1) is 0 Å². The van der Waals surface area contributed by atoms with E-state index in [4.69, 9.17) is 21.4 Å². The number of carboxylic acid groups (broad SMARTS) is 1. The quantitative estimate of drug-likeness (QED) is 0.638. The normalized spacial score (nSPS) is 13.5. The van der Waals surface area contributed by atoms with E-state index in [2.05, 4.69) is 10.6 Å². The van der Waals surface area contributed by atoms with Crippen molar-refractivity contribution >= 4 is 34.9 Å². The lowest BCUT2D eigenvalue weighted by Crippen LogP contribution is -2.46. The molecule has 0 aliphatic heterocycles. The zero-order valence-electron chi connectivity index (χ0n) is 11.9. The van der Waals surface area contributed by atoms with Crippen LogP contribution in [0.15, 0.2) is 12.1 Å². The summed E-state index contributed by atoms with van der Waals surface area (Å²) < 4.78 is 5.51. The molecule has 0 aromatic carbocycles. The molecule has 2 amide bonds. The van der Waals surface area contributed by atoms with Gasteiger partial charge in [-0.05, 0) is 31.9 Å². The van der Waals surface area contributed by atoms with Crippen LogP contribution in [0.3, 0.4) is 0 Å². The van der Waals surface area contributed by atoms with Gasteiger partial charge in [-0.2, -0.15) is 0 Å². The Hall–Kier alpha value is -1.31. The Labute approximate surface area is 132 Å². The smallest absolute Gasteiger partial charge is 0.326 e. The fraction of sp³-hybridized carbons (Fsp3) is 0.538. The summed E-state index contributed by atoms with van der Waals surface area (Å²) in [5.41, 5.74) is 0. The third-order valence-electron chi connectivity index (χ3n) is 2.81. The predicted octanol–water partition coefficient (Wildman–Crippen LogP) is 2.64. The molecule has 6 nitrogen and oxygen atoms in total. The van der Waals surface area contributed by atoms with Crippen molar-refractivity contribution in [2.24, 2.45) is 0 Å². The molecule has 2 unspecified atom stereocenters. The lowest BCUT2D eigenvalue weighted by Gasteiger charge is -2.17. The number of carboxylic acids is 1. The second-order valence-corrected chi connectivity index (χ2v) is 6.25. The molecule has 3 N–H and O–H groups in total. The average molecular weight is 335 g/mol. The van der Waals surface area contributed by atoms with Gasteiger partial charge in [0.2, 0.25) is 0 Å². The number of hydrogen-bond donors (Lipinski definition) is 3. The Bertz CT molecular complexity index is 480. The summed E-state index contributed by atoms with van der Waals surface area (Å²) in [6.07, 6.45) is 0.875. The molecule has 118 valence electrons. The summed E-state index contributed by atoms with van der Waals surface area (Å²) in [5, 5.41) is 14.2. The third kappa shape index (κ3) is 6.33. The number of halogens is 1. The summed E-state index contributed by atoms with van der Waals surface area (Å²) in [4.78, 5) is 23.8. The number of nitrogens with one attached hydrogen (secondary N) is 2. The van der Waals surface area contributed by atoms with Gasteiger partial charge in [0.25, 0.3) is 0 Å². The first-order valence-corrected chi connectivity index (χ1v) is 7.67. The summed E-state index contributed by atoms with van der Waals surface area (Å²) >= 11 is 7.21. The van der Waals surface area contributed by atoms with Gasteiger partial charge in [-0.25, -0.2) is 9.59 Å². The lowest BCUT2D eigenvalue weighted by atomic mass is 10.1. The fourth-order valence-corrected chi connectivity index (χ4v) is 2.78. The highest BCUT2D eigenvalue weighted by molar-refractivity contribution is 7.16. The van der Waals surface area contributed by atoms with Crippen LogP contribution in [0.1, 0.15) is 30.7 Å². The Morgan fingerprint density at radius 2 is 2.14 bits per heavy atom. The highest BCUT2D eigenvalue weighted by atomic mass is 35.5. The second-order valence-electron chi connectivity index (χ2n) is 4.51. The van der Waals surface area contributed by atoms with Gasteiger partial charge in [-0.15, -0.1) is 11.3 Å². The number of aliphatic carboxylic acids is 1. The predicted molar refractivity (Wildman–Crippen MR) is 81.9 cm³/mol. The molecule has 8 heteroatoms. The first-order chi connectivity index (χ1) is 9.93. The summed E-state index contributed by atoms with van der Waals surface area (Å²) in [7, 11) is 1.55. The van der Waals surface area contributed by atoms with Crippen LogP contribution in [0.5, 0.6) is 0 Å². The van der Waals surface area contributed by atoms with Gasteiger partial charge in [0.05, 0.1) is 10.4 Å². The number of ether oxygens (including phenoxy) is 1. The number of methoxy groups -OCH3 is 1. The largest absolute Gasteiger partial charge is 0.480 e. The molecule has 1 aromatic heterocycles. The standard InChI is InChI=1S/C13H19ClN2O4S/c1-8(10-5-6-11(14)21-10)15-13(19)16-9(12(17)18)4-3-7-20-2/h5-6,8-9H,3-4,7H2,1-2H3,(H,17,18)(H2,15,16,19). The molecule has 1 heterocycles.